The Morgan fingerprint density at radius 3 is 2.87 bits per heavy atom. The van der Waals surface area contributed by atoms with Crippen molar-refractivity contribution in [3.63, 3.8) is 0 Å². The minimum Gasteiger partial charge on any atom is -0.389 e. The van der Waals surface area contributed by atoms with Gasteiger partial charge < -0.3 is 15.2 Å². The Hall–Kier alpha value is -0.380. The van der Waals surface area contributed by atoms with Crippen LogP contribution in [-0.4, -0.2) is 37.0 Å². The topological polar surface area (TPSA) is 41.5 Å². The normalized spacial score (nSPS) is 19.3. The molecule has 1 unspecified atom stereocenters. The van der Waals surface area contributed by atoms with Gasteiger partial charge in [-0.2, -0.15) is 0 Å². The van der Waals surface area contributed by atoms with Crippen molar-refractivity contribution in [2.24, 2.45) is 0 Å². The summed E-state index contributed by atoms with van der Waals surface area (Å²) in [5, 5.41) is 12.8. The number of aliphatic hydroxyl groups is 1. The second-order valence-electron chi connectivity index (χ2n) is 4.18. The summed E-state index contributed by atoms with van der Waals surface area (Å²) in [5.41, 5.74) is 0. The maximum absolute atomic E-state index is 9.60. The average Bonchev–Trinajstić information content (AvgIpc) is 2.74. The maximum Gasteiger partial charge on any atom is 0.0897 e. The second-order valence-corrected chi connectivity index (χ2v) is 4.18. The van der Waals surface area contributed by atoms with Crippen molar-refractivity contribution >= 4 is 0 Å². The van der Waals surface area contributed by atoms with Crippen molar-refractivity contribution in [2.75, 3.05) is 19.7 Å². The first-order chi connectivity index (χ1) is 7.33. The smallest absolute Gasteiger partial charge is 0.0897 e. The predicted octanol–water partition coefficient (Wildman–Crippen LogP) is 1.47. The SMILES string of the molecule is C=CCCNCC(O)COC1CCCC1. The molecule has 0 bridgehead atoms. The summed E-state index contributed by atoms with van der Waals surface area (Å²) in [6.07, 6.45) is 7.71. The summed E-state index contributed by atoms with van der Waals surface area (Å²) in [5.74, 6) is 0. The molecule has 0 radical (unpaired) electrons. The number of rotatable bonds is 8. The van der Waals surface area contributed by atoms with E-state index in [1.165, 1.54) is 12.8 Å². The second kappa shape index (κ2) is 7.85. The number of hydrogen-bond acceptors (Lipinski definition) is 3. The van der Waals surface area contributed by atoms with Gasteiger partial charge in [-0.05, 0) is 25.8 Å². The Morgan fingerprint density at radius 1 is 1.47 bits per heavy atom. The fraction of sp³-hybridized carbons (Fsp3) is 0.833. The Labute approximate surface area is 92.5 Å². The molecule has 0 aromatic heterocycles. The lowest BCUT2D eigenvalue weighted by Crippen LogP contribution is -2.32. The zero-order valence-corrected chi connectivity index (χ0v) is 9.45. The molecule has 1 fully saturated rings. The molecule has 1 atom stereocenters. The molecule has 0 aromatic carbocycles. The molecule has 0 aliphatic heterocycles. The van der Waals surface area contributed by atoms with Gasteiger partial charge in [-0.1, -0.05) is 18.9 Å². The van der Waals surface area contributed by atoms with Crippen LogP contribution in [0.15, 0.2) is 12.7 Å². The summed E-state index contributed by atoms with van der Waals surface area (Å²) in [6.45, 7) is 5.59. The number of nitrogens with one attached hydrogen (secondary N) is 1. The molecule has 0 saturated heterocycles. The van der Waals surface area contributed by atoms with Crippen LogP contribution in [-0.2, 0) is 4.74 Å². The highest BCUT2D eigenvalue weighted by atomic mass is 16.5. The van der Waals surface area contributed by atoms with Gasteiger partial charge in [-0.25, -0.2) is 0 Å². The number of hydrogen-bond donors (Lipinski definition) is 2. The largest absolute Gasteiger partial charge is 0.389 e. The zero-order chi connectivity index (χ0) is 10.9. The van der Waals surface area contributed by atoms with Crippen LogP contribution in [0.5, 0.6) is 0 Å². The molecule has 15 heavy (non-hydrogen) atoms. The highest BCUT2D eigenvalue weighted by molar-refractivity contribution is 4.70. The van der Waals surface area contributed by atoms with E-state index in [-0.39, 0.29) is 6.10 Å². The molecule has 0 aromatic rings. The Kier molecular flexibility index (Phi) is 6.64. The molecule has 0 spiro atoms. The predicted molar refractivity (Wildman–Crippen MR) is 61.9 cm³/mol. The van der Waals surface area contributed by atoms with Crippen LogP contribution >= 0.6 is 0 Å². The third kappa shape index (κ3) is 5.92. The Bertz CT molecular complexity index is 167. The minimum absolute atomic E-state index is 0.379. The zero-order valence-electron chi connectivity index (χ0n) is 9.45. The molecular weight excluding hydrogens is 190 g/mol. The van der Waals surface area contributed by atoms with Gasteiger partial charge in [0.2, 0.25) is 0 Å². The van der Waals surface area contributed by atoms with Crippen molar-refractivity contribution in [3.05, 3.63) is 12.7 Å². The van der Waals surface area contributed by atoms with E-state index in [2.05, 4.69) is 11.9 Å². The van der Waals surface area contributed by atoms with Crippen molar-refractivity contribution in [3.8, 4) is 0 Å². The summed E-state index contributed by atoms with van der Waals surface area (Å²) >= 11 is 0. The van der Waals surface area contributed by atoms with E-state index in [9.17, 15) is 5.11 Å². The van der Waals surface area contributed by atoms with Crippen LogP contribution in [0.25, 0.3) is 0 Å². The van der Waals surface area contributed by atoms with Crippen LogP contribution in [0.1, 0.15) is 32.1 Å². The van der Waals surface area contributed by atoms with Gasteiger partial charge in [-0.15, -0.1) is 6.58 Å². The third-order valence-electron chi connectivity index (χ3n) is 2.73. The van der Waals surface area contributed by atoms with Gasteiger partial charge in [0.1, 0.15) is 0 Å². The van der Waals surface area contributed by atoms with E-state index in [0.29, 0.717) is 19.3 Å². The molecule has 0 heterocycles. The summed E-state index contributed by atoms with van der Waals surface area (Å²) in [6, 6.07) is 0. The lowest BCUT2D eigenvalue weighted by atomic mass is 10.3. The van der Waals surface area contributed by atoms with Crippen LogP contribution in [0.3, 0.4) is 0 Å². The van der Waals surface area contributed by atoms with Crippen LogP contribution in [0, 0.1) is 0 Å². The summed E-state index contributed by atoms with van der Waals surface area (Å²) in [4.78, 5) is 0. The fourth-order valence-electron chi connectivity index (χ4n) is 1.83. The highest BCUT2D eigenvalue weighted by Crippen LogP contribution is 2.20. The minimum atomic E-state index is -0.379. The molecule has 3 nitrogen and oxygen atoms in total. The van der Waals surface area contributed by atoms with Crippen LogP contribution in [0.4, 0.5) is 0 Å². The van der Waals surface area contributed by atoms with Crippen LogP contribution < -0.4 is 5.32 Å². The summed E-state index contributed by atoms with van der Waals surface area (Å²) in [7, 11) is 0. The van der Waals surface area contributed by atoms with Gasteiger partial charge >= 0.3 is 0 Å². The van der Waals surface area contributed by atoms with E-state index in [0.717, 1.165) is 25.8 Å². The first-order valence-corrected chi connectivity index (χ1v) is 5.94. The standard InChI is InChI=1S/C12H23NO2/c1-2-3-8-13-9-11(14)10-15-12-6-4-5-7-12/h2,11-14H,1,3-10H2. The molecule has 1 aliphatic rings. The van der Waals surface area contributed by atoms with Crippen molar-refractivity contribution in [2.45, 2.75) is 44.3 Å². The molecule has 1 saturated carbocycles. The quantitative estimate of drug-likeness (QED) is 0.474. The van der Waals surface area contributed by atoms with Crippen molar-refractivity contribution in [1.82, 2.24) is 5.32 Å². The lowest BCUT2D eigenvalue weighted by Gasteiger charge is -2.15. The van der Waals surface area contributed by atoms with Gasteiger partial charge in [0.25, 0.3) is 0 Å². The Morgan fingerprint density at radius 2 is 2.20 bits per heavy atom. The van der Waals surface area contributed by atoms with Crippen molar-refractivity contribution < 1.29 is 9.84 Å². The van der Waals surface area contributed by atoms with Crippen LogP contribution in [0.2, 0.25) is 0 Å². The molecule has 88 valence electrons. The number of aliphatic hydroxyl groups excluding tert-OH is 1. The van der Waals surface area contributed by atoms with E-state index < -0.39 is 0 Å². The van der Waals surface area contributed by atoms with Crippen molar-refractivity contribution in [1.29, 1.82) is 0 Å². The summed E-state index contributed by atoms with van der Waals surface area (Å²) < 4.78 is 5.61. The lowest BCUT2D eigenvalue weighted by molar-refractivity contribution is -0.00529. The molecule has 1 rings (SSSR count). The molecule has 2 N–H and O–H groups in total. The monoisotopic (exact) mass is 213 g/mol. The Balaban J connectivity index is 1.92. The van der Waals surface area contributed by atoms with E-state index in [1.54, 1.807) is 0 Å². The molecule has 0 amide bonds. The third-order valence-corrected chi connectivity index (χ3v) is 2.73. The van der Waals surface area contributed by atoms with Gasteiger partial charge in [-0.3, -0.25) is 0 Å². The van der Waals surface area contributed by atoms with Gasteiger partial charge in [0.05, 0.1) is 18.8 Å². The average molecular weight is 213 g/mol. The van der Waals surface area contributed by atoms with E-state index in [4.69, 9.17) is 4.74 Å². The highest BCUT2D eigenvalue weighted by Gasteiger charge is 2.16. The first-order valence-electron chi connectivity index (χ1n) is 5.94. The van der Waals surface area contributed by atoms with E-state index in [1.807, 2.05) is 6.08 Å². The number of ether oxygens (including phenoxy) is 1. The first kappa shape index (κ1) is 12.7. The molecule has 3 heteroatoms. The molecular formula is C12H23NO2. The fourth-order valence-corrected chi connectivity index (χ4v) is 1.83. The molecule has 1 aliphatic carbocycles. The maximum atomic E-state index is 9.60. The van der Waals surface area contributed by atoms with Gasteiger partial charge in [0.15, 0.2) is 0 Å². The van der Waals surface area contributed by atoms with E-state index >= 15 is 0 Å². The van der Waals surface area contributed by atoms with Gasteiger partial charge in [0, 0.05) is 6.54 Å².